The van der Waals surface area contributed by atoms with E-state index in [2.05, 4.69) is 10.3 Å². The Bertz CT molecular complexity index is 866. The molecular formula is C17H19FN4O4. The topological polar surface area (TPSA) is 96.7 Å². The van der Waals surface area contributed by atoms with Gasteiger partial charge >= 0.3 is 0 Å². The van der Waals surface area contributed by atoms with E-state index >= 15 is 0 Å². The lowest BCUT2D eigenvalue weighted by Gasteiger charge is -2.17. The normalized spacial score (nSPS) is 12.9. The Morgan fingerprint density at radius 2 is 2.08 bits per heavy atom. The number of benzene rings is 1. The summed E-state index contributed by atoms with van der Waals surface area (Å²) in [5, 5.41) is 12.7. The molecule has 8 nitrogen and oxygen atoms in total. The highest BCUT2D eigenvalue weighted by Gasteiger charge is 2.27. The van der Waals surface area contributed by atoms with Crippen LogP contribution >= 0.6 is 0 Å². The van der Waals surface area contributed by atoms with Crippen molar-refractivity contribution >= 4 is 11.9 Å². The van der Waals surface area contributed by atoms with E-state index in [4.69, 9.17) is 4.74 Å². The fraction of sp³-hybridized carbons (Fsp3) is 0.353. The molecule has 0 unspecified atom stereocenters. The molecule has 0 saturated heterocycles. The SMILES string of the molecule is COCCN1CCn2c1nc(C(=O)NCc1ccc(F)cc1)c(O)c2=O. The molecular weight excluding hydrogens is 343 g/mol. The molecule has 0 fully saturated rings. The van der Waals surface area contributed by atoms with Crippen LogP contribution in [0.3, 0.4) is 0 Å². The smallest absolute Gasteiger partial charge is 0.298 e. The van der Waals surface area contributed by atoms with Gasteiger partial charge in [0.25, 0.3) is 11.5 Å². The summed E-state index contributed by atoms with van der Waals surface area (Å²) in [6, 6.07) is 5.64. The molecule has 0 radical (unpaired) electrons. The van der Waals surface area contributed by atoms with Crippen molar-refractivity contribution < 1.29 is 19.0 Å². The molecule has 2 heterocycles. The predicted octanol–water partition coefficient (Wildman–Crippen LogP) is 0.484. The van der Waals surface area contributed by atoms with E-state index in [1.54, 1.807) is 7.11 Å². The second-order valence-corrected chi connectivity index (χ2v) is 5.85. The van der Waals surface area contributed by atoms with Gasteiger partial charge in [-0.15, -0.1) is 0 Å². The van der Waals surface area contributed by atoms with Crippen molar-refractivity contribution in [3.8, 4) is 5.75 Å². The summed E-state index contributed by atoms with van der Waals surface area (Å²) in [5.41, 5.74) is -0.298. The van der Waals surface area contributed by atoms with E-state index in [9.17, 15) is 19.1 Å². The van der Waals surface area contributed by atoms with Crippen LogP contribution in [0, 0.1) is 5.82 Å². The number of hydrogen-bond acceptors (Lipinski definition) is 6. The van der Waals surface area contributed by atoms with E-state index in [0.29, 0.717) is 37.8 Å². The minimum absolute atomic E-state index is 0.117. The van der Waals surface area contributed by atoms with E-state index in [-0.39, 0.29) is 18.1 Å². The number of aromatic hydroxyl groups is 1. The summed E-state index contributed by atoms with van der Waals surface area (Å²) in [5.74, 6) is -1.40. The molecule has 3 rings (SSSR count). The number of rotatable bonds is 6. The Labute approximate surface area is 148 Å². The van der Waals surface area contributed by atoms with Crippen LogP contribution in [-0.2, 0) is 17.8 Å². The van der Waals surface area contributed by atoms with Gasteiger partial charge in [0, 0.05) is 33.3 Å². The average Bonchev–Trinajstić information content (AvgIpc) is 3.05. The van der Waals surface area contributed by atoms with Crippen LogP contribution in [0.1, 0.15) is 16.1 Å². The summed E-state index contributed by atoms with van der Waals surface area (Å²) in [7, 11) is 1.57. The molecule has 0 atom stereocenters. The van der Waals surface area contributed by atoms with E-state index in [1.165, 1.54) is 28.8 Å². The van der Waals surface area contributed by atoms with Crippen LogP contribution in [0.2, 0.25) is 0 Å². The quantitative estimate of drug-likeness (QED) is 0.776. The summed E-state index contributed by atoms with van der Waals surface area (Å²) in [4.78, 5) is 30.7. The number of hydrogen-bond donors (Lipinski definition) is 2. The third-order valence-corrected chi connectivity index (χ3v) is 4.15. The van der Waals surface area contributed by atoms with Gasteiger partial charge < -0.3 is 20.1 Å². The van der Waals surface area contributed by atoms with Gasteiger partial charge in [-0.25, -0.2) is 9.37 Å². The maximum absolute atomic E-state index is 12.9. The monoisotopic (exact) mass is 362 g/mol. The lowest BCUT2D eigenvalue weighted by molar-refractivity contribution is 0.0942. The summed E-state index contributed by atoms with van der Waals surface area (Å²) < 4.78 is 19.3. The van der Waals surface area contributed by atoms with Crippen molar-refractivity contribution in [2.45, 2.75) is 13.1 Å². The Balaban J connectivity index is 1.80. The van der Waals surface area contributed by atoms with Crippen LogP contribution < -0.4 is 15.8 Å². The van der Waals surface area contributed by atoms with Gasteiger partial charge in [-0.05, 0) is 17.7 Å². The largest absolute Gasteiger partial charge is 0.501 e. The molecule has 2 aromatic rings. The highest BCUT2D eigenvalue weighted by atomic mass is 19.1. The fourth-order valence-electron chi connectivity index (χ4n) is 2.74. The zero-order valence-electron chi connectivity index (χ0n) is 14.2. The van der Waals surface area contributed by atoms with E-state index < -0.39 is 17.2 Å². The number of methoxy groups -OCH3 is 1. The van der Waals surface area contributed by atoms with Crippen molar-refractivity contribution in [2.75, 3.05) is 31.7 Å². The zero-order valence-corrected chi connectivity index (χ0v) is 14.2. The van der Waals surface area contributed by atoms with Crippen molar-refractivity contribution in [3.05, 3.63) is 51.7 Å². The molecule has 0 bridgehead atoms. The molecule has 1 aliphatic rings. The standard InChI is InChI=1S/C17H19FN4O4/c1-26-9-8-21-6-7-22-16(25)14(23)13(20-17(21)22)15(24)19-10-11-2-4-12(18)5-3-11/h2-5,23H,6-10H2,1H3,(H,19,24). The van der Waals surface area contributed by atoms with Gasteiger partial charge in [0.05, 0.1) is 6.61 Å². The Morgan fingerprint density at radius 3 is 2.77 bits per heavy atom. The van der Waals surface area contributed by atoms with Crippen LogP contribution in [-0.4, -0.2) is 47.4 Å². The number of nitrogens with one attached hydrogen (secondary N) is 1. The predicted molar refractivity (Wildman–Crippen MR) is 91.8 cm³/mol. The van der Waals surface area contributed by atoms with Gasteiger partial charge in [0.15, 0.2) is 5.69 Å². The first-order chi connectivity index (χ1) is 12.5. The molecule has 2 N–H and O–H groups in total. The number of fused-ring (bicyclic) bond motifs is 1. The summed E-state index contributed by atoms with van der Waals surface area (Å²) >= 11 is 0. The van der Waals surface area contributed by atoms with Gasteiger partial charge in [-0.2, -0.15) is 0 Å². The number of nitrogens with zero attached hydrogens (tertiary/aromatic N) is 3. The lowest BCUT2D eigenvalue weighted by atomic mass is 10.2. The number of aromatic nitrogens is 2. The molecule has 0 spiro atoms. The molecule has 1 aromatic carbocycles. The zero-order chi connectivity index (χ0) is 18.7. The fourth-order valence-corrected chi connectivity index (χ4v) is 2.74. The minimum atomic E-state index is -0.682. The number of carbonyl (C=O) groups excluding carboxylic acids is 1. The molecule has 0 saturated carbocycles. The third-order valence-electron chi connectivity index (χ3n) is 4.15. The first-order valence-electron chi connectivity index (χ1n) is 8.11. The first-order valence-corrected chi connectivity index (χ1v) is 8.11. The van der Waals surface area contributed by atoms with Gasteiger partial charge in [-0.3, -0.25) is 14.2 Å². The molecule has 1 aliphatic heterocycles. The maximum Gasteiger partial charge on any atom is 0.298 e. The van der Waals surface area contributed by atoms with Crippen LogP contribution in [0.4, 0.5) is 10.3 Å². The second-order valence-electron chi connectivity index (χ2n) is 5.85. The van der Waals surface area contributed by atoms with Crippen molar-refractivity contribution in [1.29, 1.82) is 0 Å². The van der Waals surface area contributed by atoms with Gasteiger partial charge in [0.1, 0.15) is 5.82 Å². The molecule has 1 amide bonds. The van der Waals surface area contributed by atoms with Crippen LogP contribution in [0.5, 0.6) is 5.75 Å². The number of halogens is 1. The molecule has 26 heavy (non-hydrogen) atoms. The van der Waals surface area contributed by atoms with Crippen LogP contribution in [0.15, 0.2) is 29.1 Å². The van der Waals surface area contributed by atoms with E-state index in [1.807, 2.05) is 4.90 Å². The summed E-state index contributed by atoms with van der Waals surface area (Å²) in [6.45, 7) is 2.01. The van der Waals surface area contributed by atoms with E-state index in [0.717, 1.165) is 0 Å². The Hall–Kier alpha value is -2.94. The number of carbonyl (C=O) groups is 1. The van der Waals surface area contributed by atoms with Gasteiger partial charge in [0.2, 0.25) is 11.7 Å². The van der Waals surface area contributed by atoms with Crippen molar-refractivity contribution in [1.82, 2.24) is 14.9 Å². The molecule has 0 aliphatic carbocycles. The minimum Gasteiger partial charge on any atom is -0.501 e. The average molecular weight is 362 g/mol. The molecule has 9 heteroatoms. The molecule has 138 valence electrons. The third kappa shape index (κ3) is 3.52. The molecule has 1 aromatic heterocycles. The first kappa shape index (κ1) is 17.9. The highest BCUT2D eigenvalue weighted by molar-refractivity contribution is 5.95. The van der Waals surface area contributed by atoms with Crippen molar-refractivity contribution in [2.24, 2.45) is 0 Å². The summed E-state index contributed by atoms with van der Waals surface area (Å²) in [6.07, 6.45) is 0. The Kier molecular flexibility index (Phi) is 5.17. The number of ether oxygens (including phenoxy) is 1. The lowest BCUT2D eigenvalue weighted by Crippen LogP contribution is -2.30. The van der Waals surface area contributed by atoms with Crippen molar-refractivity contribution in [3.63, 3.8) is 0 Å². The maximum atomic E-state index is 12.9. The second kappa shape index (κ2) is 7.52. The van der Waals surface area contributed by atoms with Gasteiger partial charge in [-0.1, -0.05) is 12.1 Å². The number of amides is 1. The van der Waals surface area contributed by atoms with Crippen LogP contribution in [0.25, 0.3) is 0 Å². The Morgan fingerprint density at radius 1 is 1.35 bits per heavy atom. The number of anilines is 1. The highest BCUT2D eigenvalue weighted by Crippen LogP contribution is 2.20.